The van der Waals surface area contributed by atoms with Crippen LogP contribution in [0.5, 0.6) is 0 Å². The molecule has 0 amide bonds. The molecule has 1 aliphatic rings. The van der Waals surface area contributed by atoms with Crippen molar-refractivity contribution in [1.82, 2.24) is 20.6 Å². The molecule has 5 nitrogen and oxygen atoms in total. The summed E-state index contributed by atoms with van der Waals surface area (Å²) in [4.78, 5) is 12.7. The van der Waals surface area contributed by atoms with E-state index in [2.05, 4.69) is 51.4 Å². The molecule has 2 heterocycles. The molecule has 27 heavy (non-hydrogen) atoms. The maximum atomic E-state index is 6.55. The number of fused-ring (bicyclic) bond motifs is 1. The normalized spacial score (nSPS) is 20.3. The van der Waals surface area contributed by atoms with Crippen LogP contribution in [-0.4, -0.2) is 38.1 Å². The van der Waals surface area contributed by atoms with Gasteiger partial charge in [0.05, 0.1) is 0 Å². The van der Waals surface area contributed by atoms with Crippen LogP contribution in [0, 0.1) is 0 Å². The van der Waals surface area contributed by atoms with Crippen LogP contribution in [0.15, 0.2) is 56.1 Å². The number of aromatic nitrogens is 2. The molecule has 0 aliphatic carbocycles. The number of benzene rings is 1. The quantitative estimate of drug-likeness (QED) is 0.271. The van der Waals surface area contributed by atoms with Gasteiger partial charge in [-0.15, -0.1) is 0 Å². The van der Waals surface area contributed by atoms with E-state index in [0.717, 1.165) is 33.9 Å². The first-order valence-corrected chi connectivity index (χ1v) is 13.4. The number of halogens is 2. The molecule has 0 bridgehead atoms. The van der Waals surface area contributed by atoms with E-state index in [4.69, 9.17) is 11.6 Å². The minimum atomic E-state index is -1.37. The number of hydrogen-bond donors (Lipinski definition) is 2. The Bertz CT molecular complexity index is 876. The summed E-state index contributed by atoms with van der Waals surface area (Å²) >= 11 is 5.18. The van der Waals surface area contributed by atoms with Crippen LogP contribution in [0.25, 0.3) is 11.0 Å². The van der Waals surface area contributed by atoms with E-state index < -0.39 is 19.8 Å². The van der Waals surface area contributed by atoms with Crippen LogP contribution in [0.2, 0.25) is 0 Å². The summed E-state index contributed by atoms with van der Waals surface area (Å²) in [6.45, 7) is 9.64. The fourth-order valence-electron chi connectivity index (χ4n) is 3.10. The first-order chi connectivity index (χ1) is 13.1. The van der Waals surface area contributed by atoms with Gasteiger partial charge in [0.1, 0.15) is 0 Å². The van der Waals surface area contributed by atoms with Crippen LogP contribution >= 0.6 is 31.4 Å². The number of aliphatic imine (C=N–C) groups is 1. The van der Waals surface area contributed by atoms with Gasteiger partial charge in [0.2, 0.25) is 0 Å². The van der Waals surface area contributed by atoms with Crippen molar-refractivity contribution in [1.29, 1.82) is 0 Å². The second-order valence-corrected chi connectivity index (χ2v) is 12.7. The zero-order valence-corrected chi connectivity index (χ0v) is 18.6. The van der Waals surface area contributed by atoms with Gasteiger partial charge in [0.25, 0.3) is 0 Å². The average molecular weight is 498 g/mol. The van der Waals surface area contributed by atoms with Crippen molar-refractivity contribution in [2.75, 3.05) is 15.4 Å². The number of allylic oxidation sites excluding steroid dienone is 2. The molecule has 2 N–H and O–H groups in total. The molecule has 0 radical (unpaired) electrons. The molecule has 0 unspecified atom stereocenters. The Morgan fingerprint density at radius 3 is 2.89 bits per heavy atom. The van der Waals surface area contributed by atoms with Crippen LogP contribution in [-0.2, 0) is 6.54 Å². The van der Waals surface area contributed by atoms with E-state index in [9.17, 15) is 0 Å². The topological polar surface area (TPSA) is 62.2 Å². The van der Waals surface area contributed by atoms with Crippen LogP contribution in [0.1, 0.15) is 19.4 Å². The van der Waals surface area contributed by atoms with Gasteiger partial charge in [-0.3, -0.25) is 0 Å². The molecule has 0 spiro atoms. The summed E-state index contributed by atoms with van der Waals surface area (Å²) < 4.78 is 3.72. The van der Waals surface area contributed by atoms with E-state index in [-0.39, 0.29) is 0 Å². The molecule has 1 fully saturated rings. The van der Waals surface area contributed by atoms with Gasteiger partial charge in [-0.1, -0.05) is 0 Å². The molecule has 2 aromatic rings. The predicted octanol–water partition coefficient (Wildman–Crippen LogP) is 4.23. The predicted molar refractivity (Wildman–Crippen MR) is 124 cm³/mol. The van der Waals surface area contributed by atoms with Crippen LogP contribution in [0.4, 0.5) is 0 Å². The third-order valence-corrected chi connectivity index (χ3v) is 11.9. The molecule has 3 rings (SSSR count). The summed E-state index contributed by atoms with van der Waals surface area (Å²) in [6.07, 6.45) is 5.24. The van der Waals surface area contributed by atoms with Gasteiger partial charge >= 0.3 is 173 Å². The number of hydrogen-bond acceptors (Lipinski definition) is 5. The van der Waals surface area contributed by atoms with Gasteiger partial charge in [0.15, 0.2) is 0 Å². The molecular formula is C20H25ClIN5. The Hall–Kier alpha value is -1.51. The SMILES string of the molecule is C=N/C=C(NCc1ccc2nccnc2c1)\C(=C(/C)Cl)I1CCN[C@H](C)C1. The first kappa shape index (κ1) is 20.2. The molecule has 144 valence electrons. The Morgan fingerprint density at radius 2 is 2.19 bits per heavy atom. The van der Waals surface area contributed by atoms with Crippen molar-refractivity contribution in [3.05, 3.63) is 56.7 Å². The average Bonchev–Trinajstić information content (AvgIpc) is 2.66. The Kier molecular flexibility index (Phi) is 7.20. The second kappa shape index (κ2) is 9.61. The van der Waals surface area contributed by atoms with E-state index in [1.54, 1.807) is 12.4 Å². The zero-order chi connectivity index (χ0) is 19.2. The fourth-order valence-corrected chi connectivity index (χ4v) is 10.4. The van der Waals surface area contributed by atoms with E-state index in [1.165, 1.54) is 12.4 Å². The molecule has 1 aliphatic heterocycles. The van der Waals surface area contributed by atoms with Gasteiger partial charge in [-0.25, -0.2) is 0 Å². The van der Waals surface area contributed by atoms with Gasteiger partial charge in [-0.2, -0.15) is 0 Å². The van der Waals surface area contributed by atoms with Crippen molar-refractivity contribution in [3.63, 3.8) is 0 Å². The molecule has 1 aromatic carbocycles. The number of alkyl halides is 2. The molecule has 1 saturated heterocycles. The van der Waals surface area contributed by atoms with Crippen molar-refractivity contribution in [2.24, 2.45) is 4.99 Å². The zero-order valence-electron chi connectivity index (χ0n) is 15.7. The summed E-state index contributed by atoms with van der Waals surface area (Å²) in [7, 11) is 0. The summed E-state index contributed by atoms with van der Waals surface area (Å²) in [5.41, 5.74) is 3.96. The number of nitrogens with zero attached hydrogens (tertiary/aromatic N) is 3. The number of rotatable bonds is 6. The monoisotopic (exact) mass is 497 g/mol. The first-order valence-electron chi connectivity index (χ1n) is 8.90. The summed E-state index contributed by atoms with van der Waals surface area (Å²) in [6, 6.07) is 6.69. The van der Waals surface area contributed by atoms with Crippen molar-refractivity contribution in [2.45, 2.75) is 26.4 Å². The number of nitrogens with one attached hydrogen (secondary N) is 2. The van der Waals surface area contributed by atoms with Gasteiger partial charge in [-0.05, 0) is 0 Å². The van der Waals surface area contributed by atoms with E-state index in [1.807, 2.05) is 19.2 Å². The Balaban J connectivity index is 1.80. The third-order valence-electron chi connectivity index (χ3n) is 4.28. The summed E-state index contributed by atoms with van der Waals surface area (Å²) in [5.74, 6) is 0. The van der Waals surface area contributed by atoms with Crippen LogP contribution < -0.4 is 10.6 Å². The Morgan fingerprint density at radius 1 is 1.41 bits per heavy atom. The second-order valence-electron chi connectivity index (χ2n) is 6.46. The molecule has 7 heteroatoms. The van der Waals surface area contributed by atoms with Crippen molar-refractivity contribution in [3.8, 4) is 0 Å². The van der Waals surface area contributed by atoms with E-state index >= 15 is 0 Å². The molecule has 1 aromatic heterocycles. The minimum absolute atomic E-state index is 0.548. The maximum absolute atomic E-state index is 6.55. The van der Waals surface area contributed by atoms with E-state index in [0.29, 0.717) is 12.6 Å². The third kappa shape index (κ3) is 5.27. The summed E-state index contributed by atoms with van der Waals surface area (Å²) in [5, 5.41) is 7.96. The Labute approximate surface area is 172 Å². The standard InChI is InChI=1S/C20H25ClIN5/c1-14-11-22(6-7-24-14)20(15(2)21)19(13-23-3)27-12-16-4-5-17-18(10-16)26-9-8-25-17/h4-5,8-10,13-14,24,27H,3,6-7,11-12H2,1-2H3/b19-13+,20-15-/t14-/m1/s1. The molecular weight excluding hydrogens is 473 g/mol. The van der Waals surface area contributed by atoms with Gasteiger partial charge in [0, 0.05) is 0 Å². The molecule has 1 atom stereocenters. The van der Waals surface area contributed by atoms with Crippen LogP contribution in [0.3, 0.4) is 0 Å². The molecule has 0 saturated carbocycles. The van der Waals surface area contributed by atoms with Gasteiger partial charge < -0.3 is 0 Å². The fraction of sp³-hybridized carbons (Fsp3) is 0.350. The van der Waals surface area contributed by atoms with Crippen molar-refractivity contribution < 1.29 is 0 Å². The van der Waals surface area contributed by atoms with Crippen molar-refractivity contribution >= 4 is 49.2 Å².